The van der Waals surface area contributed by atoms with E-state index in [1.807, 2.05) is 0 Å². The third-order valence-electron chi connectivity index (χ3n) is 3.53. The highest BCUT2D eigenvalue weighted by Crippen LogP contribution is 2.35. The topological polar surface area (TPSA) is 65.8 Å². The van der Waals surface area contributed by atoms with Crippen molar-refractivity contribution in [2.45, 2.75) is 19.1 Å². The Morgan fingerprint density at radius 1 is 1.32 bits per heavy atom. The highest BCUT2D eigenvalue weighted by molar-refractivity contribution is 6.30. The van der Waals surface area contributed by atoms with Crippen LogP contribution in [0.3, 0.4) is 0 Å². The Morgan fingerprint density at radius 3 is 2.68 bits per heavy atom. The van der Waals surface area contributed by atoms with Crippen molar-refractivity contribution in [2.24, 2.45) is 5.10 Å². The van der Waals surface area contributed by atoms with Gasteiger partial charge in [-0.2, -0.15) is 10.1 Å². The van der Waals surface area contributed by atoms with Gasteiger partial charge in [-0.25, -0.2) is 0 Å². The minimum absolute atomic E-state index is 0.248. The fourth-order valence-electron chi connectivity index (χ4n) is 2.47. The van der Waals surface area contributed by atoms with E-state index in [2.05, 4.69) is 10.1 Å². The molecule has 1 aliphatic rings. The zero-order valence-electron chi connectivity index (χ0n) is 11.9. The van der Waals surface area contributed by atoms with Gasteiger partial charge < -0.3 is 5.11 Å². The number of hydrazone groups is 1. The van der Waals surface area contributed by atoms with Gasteiger partial charge in [0.25, 0.3) is 5.91 Å². The zero-order valence-corrected chi connectivity index (χ0v) is 12.7. The molecular formula is C16H14ClN3O2. The van der Waals surface area contributed by atoms with E-state index in [0.717, 1.165) is 5.01 Å². The molecule has 1 aliphatic heterocycles. The Labute approximate surface area is 132 Å². The quantitative estimate of drug-likeness (QED) is 0.926. The normalized spacial score (nSPS) is 20.9. The van der Waals surface area contributed by atoms with Crippen molar-refractivity contribution in [3.05, 3.63) is 64.9 Å². The number of nitrogens with zero attached hydrogens (tertiary/aromatic N) is 3. The van der Waals surface area contributed by atoms with Gasteiger partial charge in [0.1, 0.15) is 0 Å². The zero-order chi connectivity index (χ0) is 15.7. The van der Waals surface area contributed by atoms with Gasteiger partial charge in [0.05, 0.1) is 0 Å². The van der Waals surface area contributed by atoms with Crippen LogP contribution in [0.1, 0.15) is 29.3 Å². The van der Waals surface area contributed by atoms with E-state index in [4.69, 9.17) is 11.6 Å². The summed E-state index contributed by atoms with van der Waals surface area (Å²) in [7, 11) is 0. The average Bonchev–Trinajstić information content (AvgIpc) is 2.84. The molecule has 0 aliphatic carbocycles. The van der Waals surface area contributed by atoms with Gasteiger partial charge in [0.2, 0.25) is 0 Å². The summed E-state index contributed by atoms with van der Waals surface area (Å²) in [6, 6.07) is 9.92. The van der Waals surface area contributed by atoms with Gasteiger partial charge in [-0.15, -0.1) is 0 Å². The molecule has 0 spiro atoms. The Morgan fingerprint density at radius 2 is 2.05 bits per heavy atom. The number of amides is 1. The molecule has 0 saturated carbocycles. The summed E-state index contributed by atoms with van der Waals surface area (Å²) in [6.07, 6.45) is 3.40. The van der Waals surface area contributed by atoms with Crippen LogP contribution < -0.4 is 0 Å². The number of hydrogen-bond acceptors (Lipinski definition) is 4. The minimum Gasteiger partial charge on any atom is -0.365 e. The summed E-state index contributed by atoms with van der Waals surface area (Å²) in [6.45, 7) is 1.77. The molecule has 1 unspecified atom stereocenters. The highest BCUT2D eigenvalue weighted by atomic mass is 35.5. The lowest BCUT2D eigenvalue weighted by Crippen LogP contribution is -2.43. The first-order valence-electron chi connectivity index (χ1n) is 6.78. The molecule has 1 aromatic heterocycles. The number of carbonyl (C=O) groups is 1. The maximum atomic E-state index is 12.7. The predicted octanol–water partition coefficient (Wildman–Crippen LogP) is 2.80. The summed E-state index contributed by atoms with van der Waals surface area (Å²) in [5.41, 5.74) is 0.0893. The average molecular weight is 316 g/mol. The molecule has 112 valence electrons. The number of halogens is 1. The third-order valence-corrected chi connectivity index (χ3v) is 3.78. The Kier molecular flexibility index (Phi) is 3.68. The smallest absolute Gasteiger partial charge is 0.276 e. The molecule has 0 saturated heterocycles. The van der Waals surface area contributed by atoms with Crippen LogP contribution in [0.2, 0.25) is 5.02 Å². The standard InChI is InChI=1S/C16H14ClN3O2/c1-11-9-16(22,13-3-2-8-18-10-13)20(19-11)15(21)12-4-6-14(17)7-5-12/h2-8,10,22H,9H2,1H3. The first-order valence-corrected chi connectivity index (χ1v) is 7.15. The van der Waals surface area contributed by atoms with Gasteiger partial charge in [-0.1, -0.05) is 17.7 Å². The number of aliphatic hydroxyl groups is 1. The monoisotopic (exact) mass is 315 g/mol. The van der Waals surface area contributed by atoms with Crippen molar-refractivity contribution in [1.82, 2.24) is 9.99 Å². The Balaban J connectivity index is 2.00. The molecule has 0 fully saturated rings. The lowest BCUT2D eigenvalue weighted by atomic mass is 9.99. The summed E-state index contributed by atoms with van der Waals surface area (Å²) in [5, 5.41) is 16.9. The molecule has 5 nitrogen and oxygen atoms in total. The lowest BCUT2D eigenvalue weighted by Gasteiger charge is -2.31. The van der Waals surface area contributed by atoms with E-state index in [-0.39, 0.29) is 12.3 Å². The SMILES string of the molecule is CC1=NN(C(=O)c2ccc(Cl)cc2)C(O)(c2cccnc2)C1. The van der Waals surface area contributed by atoms with Crippen molar-refractivity contribution in [3.8, 4) is 0 Å². The maximum Gasteiger partial charge on any atom is 0.276 e. The molecule has 3 rings (SSSR count). The molecule has 22 heavy (non-hydrogen) atoms. The number of hydrogen-bond donors (Lipinski definition) is 1. The van der Waals surface area contributed by atoms with Crippen molar-refractivity contribution in [2.75, 3.05) is 0 Å². The number of carbonyl (C=O) groups excluding carboxylic acids is 1. The van der Waals surface area contributed by atoms with Crippen molar-refractivity contribution in [3.63, 3.8) is 0 Å². The van der Waals surface area contributed by atoms with Crippen LogP contribution in [0.4, 0.5) is 0 Å². The van der Waals surface area contributed by atoms with E-state index in [9.17, 15) is 9.90 Å². The van der Waals surface area contributed by atoms with Crippen LogP contribution in [0.5, 0.6) is 0 Å². The molecule has 2 heterocycles. The molecule has 0 bridgehead atoms. The largest absolute Gasteiger partial charge is 0.365 e. The van der Waals surface area contributed by atoms with Gasteiger partial charge in [0.15, 0.2) is 5.72 Å². The molecule has 1 N–H and O–H groups in total. The fourth-order valence-corrected chi connectivity index (χ4v) is 2.60. The van der Waals surface area contributed by atoms with Gasteiger partial charge in [0, 0.05) is 40.7 Å². The maximum absolute atomic E-state index is 12.7. The molecule has 1 amide bonds. The van der Waals surface area contributed by atoms with Crippen molar-refractivity contribution >= 4 is 23.2 Å². The van der Waals surface area contributed by atoms with E-state index in [1.165, 1.54) is 6.20 Å². The van der Waals surface area contributed by atoms with Crippen molar-refractivity contribution in [1.29, 1.82) is 0 Å². The number of pyridine rings is 1. The second-order valence-electron chi connectivity index (χ2n) is 5.19. The minimum atomic E-state index is -1.52. The third kappa shape index (κ3) is 2.49. The van der Waals surface area contributed by atoms with Crippen molar-refractivity contribution < 1.29 is 9.90 Å². The highest BCUT2D eigenvalue weighted by Gasteiger charge is 2.45. The molecule has 1 aromatic carbocycles. The second-order valence-corrected chi connectivity index (χ2v) is 5.63. The predicted molar refractivity (Wildman–Crippen MR) is 83.5 cm³/mol. The molecular weight excluding hydrogens is 302 g/mol. The van der Waals surface area contributed by atoms with Crippen LogP contribution in [0.25, 0.3) is 0 Å². The van der Waals surface area contributed by atoms with Crippen LogP contribution in [0.15, 0.2) is 53.9 Å². The van der Waals surface area contributed by atoms with E-state index < -0.39 is 5.72 Å². The summed E-state index contributed by atoms with van der Waals surface area (Å²) >= 11 is 5.84. The number of rotatable bonds is 2. The van der Waals surface area contributed by atoms with E-state index >= 15 is 0 Å². The molecule has 1 atom stereocenters. The summed E-state index contributed by atoms with van der Waals surface area (Å²) in [5.74, 6) is -0.389. The summed E-state index contributed by atoms with van der Waals surface area (Å²) < 4.78 is 0. The second kappa shape index (κ2) is 5.51. The lowest BCUT2D eigenvalue weighted by molar-refractivity contribution is -0.0767. The van der Waals surface area contributed by atoms with Gasteiger partial charge in [-0.05, 0) is 37.3 Å². The van der Waals surface area contributed by atoms with Crippen LogP contribution in [-0.2, 0) is 5.72 Å². The van der Waals surface area contributed by atoms with Crippen LogP contribution >= 0.6 is 11.6 Å². The van der Waals surface area contributed by atoms with E-state index in [0.29, 0.717) is 21.9 Å². The van der Waals surface area contributed by atoms with Gasteiger partial charge in [-0.3, -0.25) is 9.78 Å². The Bertz CT molecular complexity index is 731. The van der Waals surface area contributed by atoms with Gasteiger partial charge >= 0.3 is 0 Å². The van der Waals surface area contributed by atoms with E-state index in [1.54, 1.807) is 49.5 Å². The molecule has 2 aromatic rings. The first-order chi connectivity index (χ1) is 10.5. The first kappa shape index (κ1) is 14.7. The number of benzene rings is 1. The Hall–Kier alpha value is -2.24. The molecule has 6 heteroatoms. The number of aromatic nitrogens is 1. The van der Waals surface area contributed by atoms with Crippen LogP contribution in [0, 0.1) is 0 Å². The van der Waals surface area contributed by atoms with Crippen LogP contribution in [-0.4, -0.2) is 26.7 Å². The molecule has 0 radical (unpaired) electrons. The fraction of sp³-hybridized carbons (Fsp3) is 0.188. The summed E-state index contributed by atoms with van der Waals surface area (Å²) in [4.78, 5) is 16.7.